The fourth-order valence-corrected chi connectivity index (χ4v) is 2.28. The van der Waals surface area contributed by atoms with Gasteiger partial charge in [-0.2, -0.15) is 13.2 Å². The molecular formula is C14H9F3N2O5. The predicted molar refractivity (Wildman–Crippen MR) is 74.0 cm³/mol. The van der Waals surface area contributed by atoms with E-state index in [2.05, 4.69) is 0 Å². The van der Waals surface area contributed by atoms with Crippen LogP contribution in [0.25, 0.3) is 0 Å². The Bertz CT molecular complexity index is 815. The van der Waals surface area contributed by atoms with Crippen molar-refractivity contribution in [2.45, 2.75) is 6.18 Å². The number of benzene rings is 1. The van der Waals surface area contributed by atoms with Crippen LogP contribution in [-0.4, -0.2) is 24.0 Å². The molecule has 0 atom stereocenters. The van der Waals surface area contributed by atoms with Crippen LogP contribution in [0, 0.1) is 10.1 Å². The molecule has 0 saturated carbocycles. The highest BCUT2D eigenvalue weighted by Gasteiger charge is 2.34. The zero-order chi connectivity index (χ0) is 17.5. The highest BCUT2D eigenvalue weighted by Crippen LogP contribution is 2.38. The molecule has 0 fully saturated rings. The third kappa shape index (κ3) is 2.77. The SMILES string of the molecule is O=C(c1ccc([N+](=O)[O-])o1)N1CCOc2ccc(C(F)(F)F)cc21. The molecule has 0 bridgehead atoms. The van der Waals surface area contributed by atoms with Crippen LogP contribution in [0.15, 0.2) is 34.7 Å². The number of fused-ring (bicyclic) bond motifs is 1. The van der Waals surface area contributed by atoms with Crippen LogP contribution in [0.4, 0.5) is 24.7 Å². The average Bonchev–Trinajstić information content (AvgIpc) is 3.02. The fraction of sp³-hybridized carbons (Fsp3) is 0.214. The average molecular weight is 342 g/mol. The van der Waals surface area contributed by atoms with Crippen LogP contribution in [0.5, 0.6) is 5.75 Å². The van der Waals surface area contributed by atoms with E-state index in [1.54, 1.807) is 0 Å². The highest BCUT2D eigenvalue weighted by atomic mass is 19.4. The molecular weight excluding hydrogens is 333 g/mol. The minimum Gasteiger partial charge on any atom is -0.490 e. The number of anilines is 1. The molecule has 0 radical (unpaired) electrons. The lowest BCUT2D eigenvalue weighted by molar-refractivity contribution is -0.402. The Morgan fingerprint density at radius 3 is 2.62 bits per heavy atom. The van der Waals surface area contributed by atoms with Crippen molar-refractivity contribution in [3.05, 3.63) is 51.8 Å². The van der Waals surface area contributed by atoms with Crippen molar-refractivity contribution in [2.75, 3.05) is 18.1 Å². The quantitative estimate of drug-likeness (QED) is 0.618. The third-order valence-electron chi connectivity index (χ3n) is 3.38. The number of rotatable bonds is 2. The molecule has 1 aromatic heterocycles. The van der Waals surface area contributed by atoms with Crippen molar-refractivity contribution in [3.63, 3.8) is 0 Å². The second-order valence-corrected chi connectivity index (χ2v) is 4.88. The Morgan fingerprint density at radius 2 is 2.00 bits per heavy atom. The number of furan rings is 1. The molecule has 0 aliphatic carbocycles. The molecule has 0 unspecified atom stereocenters. The summed E-state index contributed by atoms with van der Waals surface area (Å²) in [5, 5.41) is 10.6. The lowest BCUT2D eigenvalue weighted by atomic mass is 10.1. The van der Waals surface area contributed by atoms with Crippen molar-refractivity contribution in [2.24, 2.45) is 0 Å². The van der Waals surface area contributed by atoms with E-state index in [0.717, 1.165) is 35.2 Å². The Kier molecular flexibility index (Phi) is 3.66. The number of amides is 1. The summed E-state index contributed by atoms with van der Waals surface area (Å²) in [6, 6.07) is 4.88. The molecule has 1 aromatic carbocycles. The third-order valence-corrected chi connectivity index (χ3v) is 3.38. The number of halogens is 3. The number of hydrogen-bond donors (Lipinski definition) is 0. The summed E-state index contributed by atoms with van der Waals surface area (Å²) < 4.78 is 48.7. The van der Waals surface area contributed by atoms with Gasteiger partial charge in [0.05, 0.1) is 23.9 Å². The second kappa shape index (κ2) is 5.55. The number of carbonyl (C=O) groups is 1. The van der Waals surface area contributed by atoms with Gasteiger partial charge in [-0.1, -0.05) is 0 Å². The van der Waals surface area contributed by atoms with Gasteiger partial charge in [-0.05, 0) is 24.3 Å². The number of carbonyl (C=O) groups excluding carboxylic acids is 1. The van der Waals surface area contributed by atoms with Gasteiger partial charge in [0.1, 0.15) is 17.3 Å². The molecule has 126 valence electrons. The van der Waals surface area contributed by atoms with Crippen LogP contribution < -0.4 is 9.64 Å². The molecule has 24 heavy (non-hydrogen) atoms. The molecule has 10 heteroatoms. The smallest absolute Gasteiger partial charge is 0.433 e. The lowest BCUT2D eigenvalue weighted by Crippen LogP contribution is -2.38. The largest absolute Gasteiger partial charge is 0.490 e. The zero-order valence-electron chi connectivity index (χ0n) is 11.9. The van der Waals surface area contributed by atoms with Gasteiger partial charge in [0.2, 0.25) is 0 Å². The van der Waals surface area contributed by atoms with Gasteiger partial charge < -0.3 is 9.15 Å². The van der Waals surface area contributed by atoms with Gasteiger partial charge in [-0.15, -0.1) is 0 Å². The van der Waals surface area contributed by atoms with Gasteiger partial charge in [0.15, 0.2) is 5.76 Å². The fourth-order valence-electron chi connectivity index (χ4n) is 2.28. The molecule has 1 amide bonds. The molecule has 0 N–H and O–H groups in total. The Labute approximate surface area is 132 Å². The number of ether oxygens (including phenoxy) is 1. The van der Waals surface area contributed by atoms with Gasteiger partial charge in [0, 0.05) is 0 Å². The summed E-state index contributed by atoms with van der Waals surface area (Å²) in [4.78, 5) is 23.3. The maximum absolute atomic E-state index is 12.9. The Hall–Kier alpha value is -3.04. The second-order valence-electron chi connectivity index (χ2n) is 4.88. The van der Waals surface area contributed by atoms with Crippen molar-refractivity contribution >= 4 is 17.5 Å². The first-order valence-electron chi connectivity index (χ1n) is 6.67. The number of hydrogen-bond acceptors (Lipinski definition) is 5. The minimum atomic E-state index is -4.58. The van der Waals surface area contributed by atoms with Gasteiger partial charge in [-0.25, -0.2) is 0 Å². The summed E-state index contributed by atoms with van der Waals surface area (Å²) >= 11 is 0. The minimum absolute atomic E-state index is 0.0123. The highest BCUT2D eigenvalue weighted by molar-refractivity contribution is 6.05. The van der Waals surface area contributed by atoms with Crippen molar-refractivity contribution in [3.8, 4) is 5.75 Å². The van der Waals surface area contributed by atoms with Gasteiger partial charge in [-0.3, -0.25) is 19.8 Å². The zero-order valence-corrected chi connectivity index (χ0v) is 11.9. The van der Waals surface area contributed by atoms with Crippen LogP contribution in [-0.2, 0) is 6.18 Å². The monoisotopic (exact) mass is 342 g/mol. The molecule has 7 nitrogen and oxygen atoms in total. The first-order chi connectivity index (χ1) is 11.3. The molecule has 0 spiro atoms. The van der Waals surface area contributed by atoms with Gasteiger partial charge >= 0.3 is 12.1 Å². The summed E-state index contributed by atoms with van der Waals surface area (Å²) in [5.41, 5.74) is -1.00. The first-order valence-corrected chi connectivity index (χ1v) is 6.67. The van der Waals surface area contributed by atoms with E-state index in [1.807, 2.05) is 0 Å². The normalized spacial score (nSPS) is 14.0. The topological polar surface area (TPSA) is 85.8 Å². The maximum atomic E-state index is 12.9. The summed E-state index contributed by atoms with van der Waals surface area (Å²) in [6.45, 7) is 0.0640. The molecule has 2 aromatic rings. The van der Waals surface area contributed by atoms with E-state index < -0.39 is 28.5 Å². The van der Waals surface area contributed by atoms with E-state index in [1.165, 1.54) is 0 Å². The van der Waals surface area contributed by atoms with E-state index in [9.17, 15) is 28.1 Å². The first kappa shape index (κ1) is 15.8. The maximum Gasteiger partial charge on any atom is 0.433 e. The lowest BCUT2D eigenvalue weighted by Gasteiger charge is -2.29. The van der Waals surface area contributed by atoms with E-state index in [4.69, 9.17) is 9.15 Å². The van der Waals surface area contributed by atoms with Crippen LogP contribution in [0.3, 0.4) is 0 Å². The molecule has 2 heterocycles. The number of nitrogens with zero attached hydrogens (tertiary/aromatic N) is 2. The Balaban J connectivity index is 1.98. The Morgan fingerprint density at radius 1 is 1.25 bits per heavy atom. The van der Waals surface area contributed by atoms with E-state index in [-0.39, 0.29) is 30.3 Å². The van der Waals surface area contributed by atoms with Crippen molar-refractivity contribution in [1.82, 2.24) is 0 Å². The van der Waals surface area contributed by atoms with Crippen LogP contribution >= 0.6 is 0 Å². The van der Waals surface area contributed by atoms with Gasteiger partial charge in [0.25, 0.3) is 5.91 Å². The van der Waals surface area contributed by atoms with E-state index >= 15 is 0 Å². The van der Waals surface area contributed by atoms with E-state index in [0.29, 0.717) is 0 Å². The summed E-state index contributed by atoms with van der Waals surface area (Å²) in [5.74, 6) is -1.64. The van der Waals surface area contributed by atoms with Crippen LogP contribution in [0.2, 0.25) is 0 Å². The number of alkyl halides is 3. The van der Waals surface area contributed by atoms with Crippen LogP contribution in [0.1, 0.15) is 16.1 Å². The van der Waals surface area contributed by atoms with Crippen molar-refractivity contribution in [1.29, 1.82) is 0 Å². The molecule has 1 aliphatic rings. The number of nitro groups is 1. The molecule has 1 aliphatic heterocycles. The standard InChI is InChI=1S/C14H9F3N2O5/c15-14(16,17)8-1-2-10-9(7-8)18(5-6-23-10)13(20)11-3-4-12(24-11)19(21)22/h1-4,7H,5-6H2. The molecule has 0 saturated heterocycles. The predicted octanol–water partition coefficient (Wildman–Crippen LogP) is 3.25. The van der Waals surface area contributed by atoms with Crippen molar-refractivity contribution < 1.29 is 32.0 Å². The summed E-state index contributed by atoms with van der Waals surface area (Å²) in [6.07, 6.45) is -4.58. The molecule has 3 rings (SSSR count). The summed E-state index contributed by atoms with van der Waals surface area (Å²) in [7, 11) is 0.